The van der Waals surface area contributed by atoms with Crippen LogP contribution in [0.1, 0.15) is 59.3 Å². The molecule has 0 spiro atoms. The van der Waals surface area contributed by atoms with Crippen molar-refractivity contribution in [2.24, 2.45) is 23.5 Å². The third-order valence-electron chi connectivity index (χ3n) is 4.23. The monoisotopic (exact) mass is 268 g/mol. The molecule has 1 rings (SSSR count). The van der Waals surface area contributed by atoms with Crippen molar-refractivity contribution in [3.8, 4) is 0 Å². The van der Waals surface area contributed by atoms with Crippen LogP contribution < -0.4 is 5.73 Å². The first-order valence-corrected chi connectivity index (χ1v) is 8.06. The Balaban J connectivity index is 2.36. The minimum absolute atomic E-state index is 0.358. The molecular formula is C16H32N2O. The van der Waals surface area contributed by atoms with Gasteiger partial charge in [-0.05, 0) is 56.4 Å². The van der Waals surface area contributed by atoms with Crippen molar-refractivity contribution >= 4 is 5.91 Å². The summed E-state index contributed by atoms with van der Waals surface area (Å²) in [4.78, 5) is 14.4. The summed E-state index contributed by atoms with van der Waals surface area (Å²) < 4.78 is 0. The van der Waals surface area contributed by atoms with E-state index in [-0.39, 0.29) is 0 Å². The van der Waals surface area contributed by atoms with E-state index >= 15 is 0 Å². The maximum Gasteiger partial charge on any atom is 0.222 e. The van der Waals surface area contributed by atoms with E-state index in [9.17, 15) is 4.79 Å². The lowest BCUT2D eigenvalue weighted by Gasteiger charge is -2.25. The summed E-state index contributed by atoms with van der Waals surface area (Å²) in [5.41, 5.74) is 5.66. The van der Waals surface area contributed by atoms with Crippen LogP contribution in [0.4, 0.5) is 0 Å². The standard InChI is InChI=1S/C16H32N2O/c1-4-11-18(12-14-5-6-14)16(19)8-7-15(9-10-17)13(2)3/h13-15H,4-12,17H2,1-3H3. The summed E-state index contributed by atoms with van der Waals surface area (Å²) in [6, 6.07) is 0. The van der Waals surface area contributed by atoms with Gasteiger partial charge in [0.15, 0.2) is 0 Å². The topological polar surface area (TPSA) is 46.3 Å². The molecule has 0 heterocycles. The van der Waals surface area contributed by atoms with Crippen LogP contribution in [-0.4, -0.2) is 30.4 Å². The normalized spacial score (nSPS) is 16.7. The van der Waals surface area contributed by atoms with E-state index in [0.717, 1.165) is 44.8 Å². The molecule has 0 bridgehead atoms. The molecule has 19 heavy (non-hydrogen) atoms. The van der Waals surface area contributed by atoms with Gasteiger partial charge in [0.1, 0.15) is 0 Å². The summed E-state index contributed by atoms with van der Waals surface area (Å²) in [7, 11) is 0. The van der Waals surface area contributed by atoms with Crippen molar-refractivity contribution < 1.29 is 4.79 Å². The maximum atomic E-state index is 12.3. The number of hydrogen-bond acceptors (Lipinski definition) is 2. The third-order valence-corrected chi connectivity index (χ3v) is 4.23. The Morgan fingerprint density at radius 2 is 2.00 bits per heavy atom. The molecule has 1 unspecified atom stereocenters. The molecule has 0 radical (unpaired) electrons. The van der Waals surface area contributed by atoms with E-state index in [4.69, 9.17) is 5.73 Å². The van der Waals surface area contributed by atoms with Gasteiger partial charge in [-0.3, -0.25) is 4.79 Å². The number of carbonyl (C=O) groups is 1. The summed E-state index contributed by atoms with van der Waals surface area (Å²) in [6.45, 7) is 9.28. The van der Waals surface area contributed by atoms with Crippen molar-refractivity contribution in [3.63, 3.8) is 0 Å². The second-order valence-corrected chi connectivity index (χ2v) is 6.40. The van der Waals surface area contributed by atoms with Crippen molar-refractivity contribution in [2.75, 3.05) is 19.6 Å². The first kappa shape index (κ1) is 16.5. The van der Waals surface area contributed by atoms with Crippen molar-refractivity contribution in [2.45, 2.75) is 59.3 Å². The fraction of sp³-hybridized carbons (Fsp3) is 0.938. The van der Waals surface area contributed by atoms with E-state index in [1.165, 1.54) is 12.8 Å². The van der Waals surface area contributed by atoms with Crippen LogP contribution in [0.5, 0.6) is 0 Å². The summed E-state index contributed by atoms with van der Waals surface area (Å²) in [5, 5.41) is 0. The molecule has 0 aromatic carbocycles. The molecule has 0 saturated heterocycles. The van der Waals surface area contributed by atoms with Gasteiger partial charge in [-0.15, -0.1) is 0 Å². The fourth-order valence-electron chi connectivity index (χ4n) is 2.69. The Morgan fingerprint density at radius 3 is 2.47 bits per heavy atom. The zero-order chi connectivity index (χ0) is 14.3. The molecular weight excluding hydrogens is 236 g/mol. The lowest BCUT2D eigenvalue weighted by Crippen LogP contribution is -2.34. The molecule has 1 aliphatic carbocycles. The van der Waals surface area contributed by atoms with Crippen LogP contribution in [0, 0.1) is 17.8 Å². The van der Waals surface area contributed by atoms with Gasteiger partial charge in [0.25, 0.3) is 0 Å². The molecule has 1 amide bonds. The Labute approximate surface area is 118 Å². The highest BCUT2D eigenvalue weighted by molar-refractivity contribution is 5.76. The van der Waals surface area contributed by atoms with Crippen LogP contribution >= 0.6 is 0 Å². The molecule has 3 nitrogen and oxygen atoms in total. The van der Waals surface area contributed by atoms with Crippen LogP contribution in [0.2, 0.25) is 0 Å². The number of amides is 1. The minimum Gasteiger partial charge on any atom is -0.342 e. The Morgan fingerprint density at radius 1 is 1.32 bits per heavy atom. The number of nitrogens with two attached hydrogens (primary N) is 1. The molecule has 0 aromatic heterocycles. The largest absolute Gasteiger partial charge is 0.342 e. The van der Waals surface area contributed by atoms with Gasteiger partial charge >= 0.3 is 0 Å². The zero-order valence-corrected chi connectivity index (χ0v) is 13.0. The molecule has 0 aromatic rings. The number of hydrogen-bond donors (Lipinski definition) is 1. The van der Waals surface area contributed by atoms with Gasteiger partial charge < -0.3 is 10.6 Å². The lowest BCUT2D eigenvalue weighted by molar-refractivity contribution is -0.131. The Kier molecular flexibility index (Phi) is 7.44. The minimum atomic E-state index is 0.358. The molecule has 1 aliphatic rings. The predicted octanol–water partition coefficient (Wildman–Crippen LogP) is 3.04. The van der Waals surface area contributed by atoms with Crippen molar-refractivity contribution in [1.82, 2.24) is 4.90 Å². The molecule has 2 N–H and O–H groups in total. The first-order valence-electron chi connectivity index (χ1n) is 8.06. The van der Waals surface area contributed by atoms with Gasteiger partial charge in [0.05, 0.1) is 0 Å². The second-order valence-electron chi connectivity index (χ2n) is 6.40. The van der Waals surface area contributed by atoms with Crippen LogP contribution in [0.15, 0.2) is 0 Å². The van der Waals surface area contributed by atoms with Crippen LogP contribution in [0.3, 0.4) is 0 Å². The highest BCUT2D eigenvalue weighted by atomic mass is 16.2. The van der Waals surface area contributed by atoms with E-state index < -0.39 is 0 Å². The molecule has 1 atom stereocenters. The summed E-state index contributed by atoms with van der Waals surface area (Å²) in [5.74, 6) is 2.37. The van der Waals surface area contributed by atoms with Gasteiger partial charge in [0.2, 0.25) is 5.91 Å². The van der Waals surface area contributed by atoms with Gasteiger partial charge in [-0.25, -0.2) is 0 Å². The highest BCUT2D eigenvalue weighted by Gasteiger charge is 2.26. The van der Waals surface area contributed by atoms with E-state index in [1.807, 2.05) is 0 Å². The Hall–Kier alpha value is -0.570. The van der Waals surface area contributed by atoms with Crippen molar-refractivity contribution in [3.05, 3.63) is 0 Å². The van der Waals surface area contributed by atoms with E-state index in [2.05, 4.69) is 25.7 Å². The highest BCUT2D eigenvalue weighted by Crippen LogP contribution is 2.30. The molecule has 0 aliphatic heterocycles. The molecule has 1 saturated carbocycles. The fourth-order valence-corrected chi connectivity index (χ4v) is 2.69. The summed E-state index contributed by atoms with van der Waals surface area (Å²) in [6.07, 6.45) is 6.44. The molecule has 3 heteroatoms. The first-order chi connectivity index (χ1) is 9.08. The number of nitrogens with zero attached hydrogens (tertiary/aromatic N) is 1. The Bertz CT molecular complexity index is 261. The third kappa shape index (κ3) is 6.42. The maximum absolute atomic E-state index is 12.3. The lowest BCUT2D eigenvalue weighted by atomic mass is 9.88. The van der Waals surface area contributed by atoms with Gasteiger partial charge in [-0.2, -0.15) is 0 Å². The molecule has 1 fully saturated rings. The van der Waals surface area contributed by atoms with Gasteiger partial charge in [-0.1, -0.05) is 20.8 Å². The quantitative estimate of drug-likeness (QED) is 0.662. The average molecular weight is 268 g/mol. The van der Waals surface area contributed by atoms with Crippen molar-refractivity contribution in [1.29, 1.82) is 0 Å². The van der Waals surface area contributed by atoms with E-state index in [0.29, 0.717) is 24.2 Å². The van der Waals surface area contributed by atoms with Crippen LogP contribution in [-0.2, 0) is 4.79 Å². The predicted molar refractivity (Wildman–Crippen MR) is 80.8 cm³/mol. The number of carbonyl (C=O) groups excluding carboxylic acids is 1. The summed E-state index contributed by atoms with van der Waals surface area (Å²) >= 11 is 0. The van der Waals surface area contributed by atoms with Crippen LogP contribution in [0.25, 0.3) is 0 Å². The molecule has 112 valence electrons. The zero-order valence-electron chi connectivity index (χ0n) is 13.0. The SMILES string of the molecule is CCCN(CC1CC1)C(=O)CCC(CCN)C(C)C. The van der Waals surface area contributed by atoms with E-state index in [1.54, 1.807) is 0 Å². The smallest absolute Gasteiger partial charge is 0.222 e. The second kappa shape index (κ2) is 8.57. The average Bonchev–Trinajstić information content (AvgIpc) is 3.17. The number of rotatable bonds is 10. The van der Waals surface area contributed by atoms with Gasteiger partial charge in [0, 0.05) is 19.5 Å².